The first-order valence-corrected chi connectivity index (χ1v) is 10.5. The summed E-state index contributed by atoms with van der Waals surface area (Å²) >= 11 is 5.89. The Kier molecular flexibility index (Phi) is 6.97. The van der Waals surface area contributed by atoms with Gasteiger partial charge in [-0.2, -0.15) is 5.10 Å². The van der Waals surface area contributed by atoms with Gasteiger partial charge in [0.15, 0.2) is 6.61 Å². The van der Waals surface area contributed by atoms with Crippen molar-refractivity contribution in [1.29, 1.82) is 0 Å². The first kappa shape index (κ1) is 22.0. The highest BCUT2D eigenvalue weighted by Gasteiger charge is 2.13. The van der Waals surface area contributed by atoms with Crippen LogP contribution in [-0.2, 0) is 4.79 Å². The number of esters is 1. The highest BCUT2D eigenvalue weighted by Crippen LogP contribution is 2.27. The number of rotatable bonds is 7. The first-order chi connectivity index (χ1) is 16.1. The lowest BCUT2D eigenvalue weighted by Gasteiger charge is -2.11. The van der Waals surface area contributed by atoms with Crippen LogP contribution in [0.3, 0.4) is 0 Å². The van der Waals surface area contributed by atoms with E-state index in [2.05, 4.69) is 10.5 Å². The summed E-state index contributed by atoms with van der Waals surface area (Å²) in [6.45, 7) is -0.185. The zero-order valence-electron chi connectivity index (χ0n) is 17.4. The van der Waals surface area contributed by atoms with Crippen molar-refractivity contribution in [2.45, 2.75) is 0 Å². The molecule has 0 fully saturated rings. The quantitative estimate of drug-likeness (QED) is 0.178. The molecule has 0 aliphatic carbocycles. The van der Waals surface area contributed by atoms with Crippen LogP contribution in [0.5, 0.6) is 11.5 Å². The Morgan fingerprint density at radius 3 is 2.39 bits per heavy atom. The maximum atomic E-state index is 12.6. The van der Waals surface area contributed by atoms with Gasteiger partial charge in [-0.3, -0.25) is 4.79 Å². The molecule has 164 valence electrons. The molecule has 0 radical (unpaired) electrons. The number of nitrogens with one attached hydrogen (secondary N) is 1. The smallest absolute Gasteiger partial charge is 0.343 e. The van der Waals surface area contributed by atoms with Gasteiger partial charge >= 0.3 is 5.97 Å². The topological polar surface area (TPSA) is 77.0 Å². The number of para-hydroxylation sites is 1. The molecule has 0 aromatic heterocycles. The molecule has 33 heavy (non-hydrogen) atoms. The van der Waals surface area contributed by atoms with Gasteiger partial charge in [0.25, 0.3) is 5.91 Å². The number of carbonyl (C=O) groups is 2. The van der Waals surface area contributed by atoms with Crippen molar-refractivity contribution >= 4 is 40.5 Å². The number of ether oxygens (including phenoxy) is 2. The Morgan fingerprint density at radius 2 is 1.61 bits per heavy atom. The molecule has 7 heteroatoms. The summed E-state index contributed by atoms with van der Waals surface area (Å²) in [5, 5.41) is 6.32. The average Bonchev–Trinajstić information content (AvgIpc) is 2.85. The molecule has 0 atom stereocenters. The summed E-state index contributed by atoms with van der Waals surface area (Å²) < 4.78 is 11.0. The third-order valence-corrected chi connectivity index (χ3v) is 4.96. The zero-order chi connectivity index (χ0) is 23.0. The Labute approximate surface area is 195 Å². The summed E-state index contributed by atoms with van der Waals surface area (Å²) in [5.74, 6) is -0.0544. The van der Waals surface area contributed by atoms with Gasteiger partial charge in [0, 0.05) is 10.6 Å². The van der Waals surface area contributed by atoms with Crippen LogP contribution >= 0.6 is 11.6 Å². The SMILES string of the molecule is O=C(COc1ccccc1)N/N=C/c1c(OC(=O)c2ccc(Cl)cc2)ccc2ccccc12. The Morgan fingerprint density at radius 1 is 0.879 bits per heavy atom. The highest BCUT2D eigenvalue weighted by atomic mass is 35.5. The standard InChI is InChI=1S/C26H19ClN2O4/c27-20-13-10-19(11-14-20)26(31)33-24-15-12-18-6-4-5-9-22(18)23(24)16-28-29-25(30)17-32-21-7-2-1-3-8-21/h1-16H,17H2,(H,29,30)/b28-16+. The summed E-state index contributed by atoms with van der Waals surface area (Å²) in [6, 6.07) is 26.6. The second-order valence-corrected chi connectivity index (χ2v) is 7.43. The Hall–Kier alpha value is -4.16. The van der Waals surface area contributed by atoms with Gasteiger partial charge in [0.2, 0.25) is 0 Å². The molecule has 0 aliphatic rings. The Bertz CT molecular complexity index is 1310. The van der Waals surface area contributed by atoms with E-state index in [0.717, 1.165) is 10.8 Å². The van der Waals surface area contributed by atoms with Crippen LogP contribution in [0.4, 0.5) is 0 Å². The summed E-state index contributed by atoms with van der Waals surface area (Å²) in [7, 11) is 0. The minimum absolute atomic E-state index is 0.185. The molecule has 6 nitrogen and oxygen atoms in total. The minimum Gasteiger partial charge on any atom is -0.484 e. The van der Waals surface area contributed by atoms with Gasteiger partial charge in [-0.15, -0.1) is 0 Å². The fraction of sp³-hybridized carbons (Fsp3) is 0.0385. The van der Waals surface area contributed by atoms with E-state index in [4.69, 9.17) is 21.1 Å². The van der Waals surface area contributed by atoms with E-state index in [1.54, 1.807) is 42.5 Å². The molecule has 0 spiro atoms. The first-order valence-electron chi connectivity index (χ1n) is 10.1. The number of halogens is 1. The number of hydrogen-bond donors (Lipinski definition) is 1. The molecule has 0 bridgehead atoms. The maximum absolute atomic E-state index is 12.6. The van der Waals surface area contributed by atoms with Gasteiger partial charge in [0.1, 0.15) is 11.5 Å². The summed E-state index contributed by atoms with van der Waals surface area (Å²) in [5.41, 5.74) is 3.35. The fourth-order valence-electron chi connectivity index (χ4n) is 3.11. The fourth-order valence-corrected chi connectivity index (χ4v) is 3.24. The normalized spacial score (nSPS) is 10.8. The predicted molar refractivity (Wildman–Crippen MR) is 128 cm³/mol. The van der Waals surface area contributed by atoms with Gasteiger partial charge in [-0.05, 0) is 53.2 Å². The molecular formula is C26H19ClN2O4. The van der Waals surface area contributed by atoms with Gasteiger partial charge < -0.3 is 9.47 Å². The van der Waals surface area contributed by atoms with Crippen LogP contribution in [0.1, 0.15) is 15.9 Å². The van der Waals surface area contributed by atoms with Crippen LogP contribution in [-0.4, -0.2) is 24.7 Å². The van der Waals surface area contributed by atoms with Crippen LogP contribution in [0.25, 0.3) is 10.8 Å². The molecular weight excluding hydrogens is 440 g/mol. The number of fused-ring (bicyclic) bond motifs is 1. The molecule has 1 N–H and O–H groups in total. The summed E-state index contributed by atoms with van der Waals surface area (Å²) in [4.78, 5) is 24.7. The number of nitrogens with zero attached hydrogens (tertiary/aromatic N) is 1. The van der Waals surface area contributed by atoms with E-state index in [1.807, 2.05) is 48.5 Å². The highest BCUT2D eigenvalue weighted by molar-refractivity contribution is 6.30. The van der Waals surface area contributed by atoms with Crippen LogP contribution in [0, 0.1) is 0 Å². The number of benzene rings is 4. The number of hydrazone groups is 1. The molecule has 0 unspecified atom stereocenters. The van der Waals surface area contributed by atoms with E-state index in [1.165, 1.54) is 6.21 Å². The van der Waals surface area contributed by atoms with E-state index < -0.39 is 11.9 Å². The van der Waals surface area contributed by atoms with Crippen molar-refractivity contribution in [2.24, 2.45) is 5.10 Å². The average molecular weight is 459 g/mol. The van der Waals surface area contributed by atoms with Crippen molar-refractivity contribution in [3.63, 3.8) is 0 Å². The minimum atomic E-state index is -0.531. The number of amides is 1. The second kappa shape index (κ2) is 10.4. The van der Waals surface area contributed by atoms with Crippen LogP contribution < -0.4 is 14.9 Å². The lowest BCUT2D eigenvalue weighted by atomic mass is 10.0. The zero-order valence-corrected chi connectivity index (χ0v) is 18.2. The monoisotopic (exact) mass is 458 g/mol. The number of hydrogen-bond acceptors (Lipinski definition) is 5. The molecule has 1 amide bonds. The molecule has 0 aliphatic heterocycles. The van der Waals surface area contributed by atoms with Crippen molar-refractivity contribution in [1.82, 2.24) is 5.43 Å². The largest absolute Gasteiger partial charge is 0.484 e. The van der Waals surface area contributed by atoms with Crippen molar-refractivity contribution < 1.29 is 19.1 Å². The van der Waals surface area contributed by atoms with E-state index in [9.17, 15) is 9.59 Å². The third-order valence-electron chi connectivity index (χ3n) is 4.71. The molecule has 0 heterocycles. The van der Waals surface area contributed by atoms with Gasteiger partial charge in [0.05, 0.1) is 11.8 Å². The van der Waals surface area contributed by atoms with Crippen LogP contribution in [0.2, 0.25) is 5.02 Å². The third kappa shape index (κ3) is 5.75. The van der Waals surface area contributed by atoms with Gasteiger partial charge in [-0.25, -0.2) is 10.2 Å². The Balaban J connectivity index is 1.51. The van der Waals surface area contributed by atoms with E-state index >= 15 is 0 Å². The van der Waals surface area contributed by atoms with Crippen molar-refractivity contribution in [3.05, 3.63) is 107 Å². The van der Waals surface area contributed by atoms with Crippen molar-refractivity contribution in [2.75, 3.05) is 6.61 Å². The van der Waals surface area contributed by atoms with Gasteiger partial charge in [-0.1, -0.05) is 60.1 Å². The lowest BCUT2D eigenvalue weighted by molar-refractivity contribution is -0.123. The number of carbonyl (C=O) groups excluding carboxylic acids is 2. The molecule has 0 saturated carbocycles. The molecule has 4 aromatic carbocycles. The van der Waals surface area contributed by atoms with E-state index in [-0.39, 0.29) is 6.61 Å². The lowest BCUT2D eigenvalue weighted by Crippen LogP contribution is -2.24. The van der Waals surface area contributed by atoms with Crippen molar-refractivity contribution in [3.8, 4) is 11.5 Å². The molecule has 0 saturated heterocycles. The second-order valence-electron chi connectivity index (χ2n) is 6.99. The van der Waals surface area contributed by atoms with Crippen LogP contribution in [0.15, 0.2) is 96.1 Å². The predicted octanol–water partition coefficient (Wildman–Crippen LogP) is 5.24. The van der Waals surface area contributed by atoms with E-state index in [0.29, 0.717) is 27.6 Å². The molecule has 4 rings (SSSR count). The summed E-state index contributed by atoms with van der Waals surface area (Å²) in [6.07, 6.45) is 1.45. The maximum Gasteiger partial charge on any atom is 0.343 e. The molecule has 4 aromatic rings.